The Morgan fingerprint density at radius 1 is 1.30 bits per heavy atom. The Morgan fingerprint density at radius 3 is 2.70 bits per heavy atom. The summed E-state index contributed by atoms with van der Waals surface area (Å²) >= 11 is 0. The summed E-state index contributed by atoms with van der Waals surface area (Å²) in [5.74, 6) is 0.682. The van der Waals surface area contributed by atoms with Gasteiger partial charge >= 0.3 is 0 Å². The summed E-state index contributed by atoms with van der Waals surface area (Å²) in [6.45, 7) is 7.03. The average Bonchev–Trinajstić information content (AvgIpc) is 2.41. The van der Waals surface area contributed by atoms with Crippen LogP contribution < -0.4 is 10.6 Å². The molecule has 0 saturated carbocycles. The van der Waals surface area contributed by atoms with E-state index >= 15 is 0 Å². The monoisotopic (exact) mass is 303 g/mol. The average molecular weight is 304 g/mol. The van der Waals surface area contributed by atoms with E-state index in [9.17, 15) is 9.59 Å². The maximum absolute atomic E-state index is 12.3. The van der Waals surface area contributed by atoms with Gasteiger partial charge in [-0.1, -0.05) is 6.92 Å². The van der Waals surface area contributed by atoms with Crippen LogP contribution in [0.3, 0.4) is 0 Å². The van der Waals surface area contributed by atoms with Gasteiger partial charge in [0.05, 0.1) is 5.92 Å². The van der Waals surface area contributed by atoms with Gasteiger partial charge in [0.1, 0.15) is 0 Å². The van der Waals surface area contributed by atoms with Crippen molar-refractivity contribution in [1.82, 2.24) is 15.5 Å². The Hall–Kier alpha value is -0.810. The van der Waals surface area contributed by atoms with Crippen LogP contribution in [0.5, 0.6) is 0 Å². The molecular formula is C14H26ClN3O2. The number of piperidine rings is 2. The lowest BCUT2D eigenvalue weighted by molar-refractivity contribution is -0.134. The Balaban J connectivity index is 0.00000200. The summed E-state index contributed by atoms with van der Waals surface area (Å²) < 4.78 is 0. The Kier molecular flexibility index (Phi) is 6.76. The molecule has 0 aromatic carbocycles. The van der Waals surface area contributed by atoms with E-state index in [4.69, 9.17) is 0 Å². The van der Waals surface area contributed by atoms with Crippen LogP contribution in [-0.2, 0) is 9.59 Å². The lowest BCUT2D eigenvalue weighted by Crippen LogP contribution is -2.53. The van der Waals surface area contributed by atoms with Crippen molar-refractivity contribution in [2.75, 3.05) is 26.2 Å². The molecular weight excluding hydrogens is 278 g/mol. The van der Waals surface area contributed by atoms with Crippen LogP contribution in [0.4, 0.5) is 0 Å². The number of nitrogens with zero attached hydrogens (tertiary/aromatic N) is 1. The second kappa shape index (κ2) is 7.84. The summed E-state index contributed by atoms with van der Waals surface area (Å²) in [4.78, 5) is 25.5. The van der Waals surface area contributed by atoms with Gasteiger partial charge in [-0.3, -0.25) is 9.59 Å². The first-order valence-corrected chi connectivity index (χ1v) is 7.34. The van der Waals surface area contributed by atoms with Crippen molar-refractivity contribution in [3.63, 3.8) is 0 Å². The predicted octanol–water partition coefficient (Wildman–Crippen LogP) is 0.781. The van der Waals surface area contributed by atoms with Crippen LogP contribution in [0.2, 0.25) is 0 Å². The van der Waals surface area contributed by atoms with Crippen LogP contribution in [-0.4, -0.2) is 48.9 Å². The molecule has 2 amide bonds. The number of halogens is 1. The number of carbonyl (C=O) groups is 2. The van der Waals surface area contributed by atoms with E-state index in [1.54, 1.807) is 11.8 Å². The smallest absolute Gasteiger partial charge is 0.225 e. The molecule has 3 unspecified atom stereocenters. The molecule has 2 saturated heterocycles. The molecule has 0 radical (unpaired) electrons. The molecule has 0 bridgehead atoms. The fraction of sp³-hybridized carbons (Fsp3) is 0.857. The van der Waals surface area contributed by atoms with Gasteiger partial charge < -0.3 is 15.5 Å². The highest BCUT2D eigenvalue weighted by Crippen LogP contribution is 2.18. The van der Waals surface area contributed by atoms with Gasteiger partial charge in [-0.25, -0.2) is 0 Å². The van der Waals surface area contributed by atoms with Crippen molar-refractivity contribution in [2.45, 2.75) is 39.2 Å². The third-order valence-electron chi connectivity index (χ3n) is 4.39. The third-order valence-corrected chi connectivity index (χ3v) is 4.39. The standard InChI is InChI=1S/C14H25N3O2.ClH/c1-10-5-6-15-8-13(10)16-14(19)12-4-3-7-17(9-12)11(2)18;/h10,12-13,15H,3-9H2,1-2H3,(H,16,19);1H. The van der Waals surface area contributed by atoms with Crippen LogP contribution in [0.15, 0.2) is 0 Å². The quantitative estimate of drug-likeness (QED) is 0.792. The number of rotatable bonds is 2. The molecule has 2 fully saturated rings. The first-order valence-electron chi connectivity index (χ1n) is 7.34. The Morgan fingerprint density at radius 2 is 2.05 bits per heavy atom. The number of amides is 2. The SMILES string of the molecule is CC(=O)N1CCCC(C(=O)NC2CNCCC2C)C1.Cl. The molecule has 0 spiro atoms. The van der Waals surface area contributed by atoms with Gasteiger partial charge in [0.25, 0.3) is 0 Å². The summed E-state index contributed by atoms with van der Waals surface area (Å²) in [6, 6.07) is 0.231. The van der Waals surface area contributed by atoms with E-state index in [1.807, 2.05) is 0 Å². The van der Waals surface area contributed by atoms with Gasteiger partial charge in [0.15, 0.2) is 0 Å². The van der Waals surface area contributed by atoms with Gasteiger partial charge in [-0.15, -0.1) is 12.4 Å². The van der Waals surface area contributed by atoms with Crippen molar-refractivity contribution < 1.29 is 9.59 Å². The molecule has 2 heterocycles. The molecule has 116 valence electrons. The van der Waals surface area contributed by atoms with Gasteiger partial charge in [0, 0.05) is 32.6 Å². The maximum atomic E-state index is 12.3. The number of carbonyl (C=O) groups excluding carboxylic acids is 2. The summed E-state index contributed by atoms with van der Waals surface area (Å²) in [6.07, 6.45) is 2.93. The number of likely N-dealkylation sites (tertiary alicyclic amines) is 1. The highest BCUT2D eigenvalue weighted by molar-refractivity contribution is 5.85. The largest absolute Gasteiger partial charge is 0.352 e. The van der Waals surface area contributed by atoms with Crippen molar-refractivity contribution in [1.29, 1.82) is 0 Å². The maximum Gasteiger partial charge on any atom is 0.225 e. The highest BCUT2D eigenvalue weighted by atomic mass is 35.5. The topological polar surface area (TPSA) is 61.4 Å². The second-order valence-corrected chi connectivity index (χ2v) is 5.89. The molecule has 5 nitrogen and oxygen atoms in total. The van der Waals surface area contributed by atoms with Crippen molar-refractivity contribution in [3.05, 3.63) is 0 Å². The zero-order chi connectivity index (χ0) is 13.8. The van der Waals surface area contributed by atoms with Crippen LogP contribution in [0.25, 0.3) is 0 Å². The van der Waals surface area contributed by atoms with Crippen molar-refractivity contribution in [3.8, 4) is 0 Å². The van der Waals surface area contributed by atoms with E-state index in [0.29, 0.717) is 12.5 Å². The Labute approximate surface area is 127 Å². The van der Waals surface area contributed by atoms with E-state index in [1.165, 1.54) is 0 Å². The normalized spacial score (nSPS) is 30.3. The minimum atomic E-state index is -0.0354. The van der Waals surface area contributed by atoms with Crippen LogP contribution in [0.1, 0.15) is 33.1 Å². The van der Waals surface area contributed by atoms with E-state index in [2.05, 4.69) is 17.6 Å². The van der Waals surface area contributed by atoms with Crippen LogP contribution in [0, 0.1) is 11.8 Å². The fourth-order valence-electron chi connectivity index (χ4n) is 2.96. The molecule has 2 rings (SSSR count). The van der Waals surface area contributed by atoms with Crippen molar-refractivity contribution >= 4 is 24.2 Å². The minimum absolute atomic E-state index is 0. The van der Waals surface area contributed by atoms with Crippen LogP contribution >= 0.6 is 12.4 Å². The molecule has 3 atom stereocenters. The summed E-state index contributed by atoms with van der Waals surface area (Å²) in [5, 5.41) is 6.48. The second-order valence-electron chi connectivity index (χ2n) is 5.89. The Bertz CT molecular complexity index is 351. The summed E-state index contributed by atoms with van der Waals surface area (Å²) in [7, 11) is 0. The third kappa shape index (κ3) is 4.35. The van der Waals surface area contributed by atoms with Gasteiger partial charge in [-0.2, -0.15) is 0 Å². The lowest BCUT2D eigenvalue weighted by atomic mass is 9.92. The zero-order valence-corrected chi connectivity index (χ0v) is 13.2. The number of hydrogen-bond acceptors (Lipinski definition) is 3. The molecule has 0 aromatic rings. The predicted molar refractivity (Wildman–Crippen MR) is 80.8 cm³/mol. The molecule has 0 aliphatic carbocycles. The van der Waals surface area contributed by atoms with E-state index in [-0.39, 0.29) is 36.2 Å². The zero-order valence-electron chi connectivity index (χ0n) is 12.4. The molecule has 0 aromatic heterocycles. The first-order chi connectivity index (χ1) is 9.08. The molecule has 20 heavy (non-hydrogen) atoms. The van der Waals surface area contributed by atoms with Gasteiger partial charge in [-0.05, 0) is 31.7 Å². The molecule has 2 aliphatic rings. The lowest BCUT2D eigenvalue weighted by Gasteiger charge is -2.35. The fourth-order valence-corrected chi connectivity index (χ4v) is 2.96. The molecule has 2 N–H and O–H groups in total. The van der Waals surface area contributed by atoms with E-state index < -0.39 is 0 Å². The van der Waals surface area contributed by atoms with E-state index in [0.717, 1.165) is 38.9 Å². The molecule has 6 heteroatoms. The molecule has 2 aliphatic heterocycles. The minimum Gasteiger partial charge on any atom is -0.352 e. The van der Waals surface area contributed by atoms with Crippen molar-refractivity contribution in [2.24, 2.45) is 11.8 Å². The number of nitrogens with one attached hydrogen (secondary N) is 2. The van der Waals surface area contributed by atoms with Gasteiger partial charge in [0.2, 0.25) is 11.8 Å². The highest BCUT2D eigenvalue weighted by Gasteiger charge is 2.30. The first kappa shape index (κ1) is 17.2. The summed E-state index contributed by atoms with van der Waals surface area (Å²) in [5.41, 5.74) is 0. The number of hydrogen-bond donors (Lipinski definition) is 2.